The number of thiocarbonyl (C=S) groups is 1. The third kappa shape index (κ3) is 2.42. The molecule has 0 bridgehead atoms. The topological polar surface area (TPSA) is 47.3 Å². The Morgan fingerprint density at radius 3 is 3.00 bits per heavy atom. The average molecular weight is 198 g/mol. The summed E-state index contributed by atoms with van der Waals surface area (Å²) in [6, 6.07) is 0.481. The third-order valence-corrected chi connectivity index (χ3v) is 2.55. The third-order valence-electron chi connectivity index (χ3n) is 2.43. The number of hydrogen-bond acceptors (Lipinski definition) is 3. The van der Waals surface area contributed by atoms with Gasteiger partial charge in [-0.3, -0.25) is 0 Å². The Kier molecular flexibility index (Phi) is 2.51. The molecule has 3 nitrogen and oxygen atoms in total. The molecule has 72 valence electrons. The van der Waals surface area contributed by atoms with Crippen LogP contribution in [0.2, 0.25) is 0 Å². The van der Waals surface area contributed by atoms with Gasteiger partial charge in [0.2, 0.25) is 0 Å². The van der Waals surface area contributed by atoms with Crippen LogP contribution in [-0.2, 0) is 4.74 Å². The van der Waals surface area contributed by atoms with Crippen LogP contribution in [0, 0.1) is 5.92 Å². The smallest absolute Gasteiger partial charge is 0.0980 e. The Bertz CT molecular complexity index is 248. The van der Waals surface area contributed by atoms with E-state index in [1.54, 1.807) is 6.08 Å². The van der Waals surface area contributed by atoms with E-state index in [-0.39, 0.29) is 0 Å². The van der Waals surface area contributed by atoms with Crippen LogP contribution in [0.4, 0.5) is 0 Å². The van der Waals surface area contributed by atoms with Gasteiger partial charge in [-0.05, 0) is 24.8 Å². The first-order valence-corrected chi connectivity index (χ1v) is 5.01. The molecule has 4 heteroatoms. The van der Waals surface area contributed by atoms with Gasteiger partial charge in [-0.15, -0.1) is 0 Å². The van der Waals surface area contributed by atoms with E-state index < -0.39 is 0 Å². The van der Waals surface area contributed by atoms with Gasteiger partial charge in [0.15, 0.2) is 0 Å². The summed E-state index contributed by atoms with van der Waals surface area (Å²) in [6.07, 6.45) is 4.42. The number of nitrogens with two attached hydrogens (primary N) is 1. The van der Waals surface area contributed by atoms with E-state index in [1.165, 1.54) is 12.8 Å². The van der Waals surface area contributed by atoms with Crippen molar-refractivity contribution in [2.45, 2.75) is 18.9 Å². The van der Waals surface area contributed by atoms with Crippen LogP contribution in [0.5, 0.6) is 0 Å². The Morgan fingerprint density at radius 1 is 1.62 bits per heavy atom. The van der Waals surface area contributed by atoms with Crippen molar-refractivity contribution in [2.24, 2.45) is 11.7 Å². The molecule has 2 aliphatic rings. The van der Waals surface area contributed by atoms with Gasteiger partial charge < -0.3 is 15.8 Å². The summed E-state index contributed by atoms with van der Waals surface area (Å²) in [5.41, 5.74) is 6.44. The van der Waals surface area contributed by atoms with Gasteiger partial charge in [0, 0.05) is 5.70 Å². The Hall–Kier alpha value is -0.610. The highest BCUT2D eigenvalue weighted by Crippen LogP contribution is 2.34. The van der Waals surface area contributed by atoms with E-state index in [0.717, 1.165) is 18.2 Å². The molecule has 0 aromatic carbocycles. The van der Waals surface area contributed by atoms with Crippen molar-refractivity contribution < 1.29 is 4.74 Å². The Morgan fingerprint density at radius 2 is 2.38 bits per heavy atom. The maximum absolute atomic E-state index is 5.45. The summed E-state index contributed by atoms with van der Waals surface area (Å²) in [5, 5.41) is 3.42. The lowest BCUT2D eigenvalue weighted by molar-refractivity contribution is 0.0932. The van der Waals surface area contributed by atoms with Crippen molar-refractivity contribution in [1.29, 1.82) is 0 Å². The van der Waals surface area contributed by atoms with E-state index in [0.29, 0.717) is 17.6 Å². The van der Waals surface area contributed by atoms with Crippen LogP contribution in [0.3, 0.4) is 0 Å². The van der Waals surface area contributed by atoms with Gasteiger partial charge in [0.25, 0.3) is 0 Å². The zero-order chi connectivity index (χ0) is 9.26. The first kappa shape index (κ1) is 8.97. The lowest BCUT2D eigenvalue weighted by atomic mass is 10.1. The summed E-state index contributed by atoms with van der Waals surface area (Å²) in [5.74, 6) is 0.801. The molecule has 1 heterocycles. The molecule has 1 unspecified atom stereocenters. The van der Waals surface area contributed by atoms with Gasteiger partial charge in [-0.1, -0.05) is 12.2 Å². The quantitative estimate of drug-likeness (QED) is 0.502. The number of morpholine rings is 1. The second kappa shape index (κ2) is 3.64. The van der Waals surface area contributed by atoms with Crippen molar-refractivity contribution >= 4 is 17.2 Å². The predicted octanol–water partition coefficient (Wildman–Crippen LogP) is 0.555. The van der Waals surface area contributed by atoms with Gasteiger partial charge in [0.05, 0.1) is 24.2 Å². The second-order valence-electron chi connectivity index (χ2n) is 3.68. The molecule has 0 aromatic heterocycles. The highest BCUT2D eigenvalue weighted by molar-refractivity contribution is 7.80. The summed E-state index contributed by atoms with van der Waals surface area (Å²) >= 11 is 4.80. The molecule has 0 aromatic rings. The van der Waals surface area contributed by atoms with E-state index >= 15 is 0 Å². The zero-order valence-electron chi connectivity index (χ0n) is 7.45. The minimum atomic E-state index is 0.419. The summed E-state index contributed by atoms with van der Waals surface area (Å²) in [4.78, 5) is 0.419. The van der Waals surface area contributed by atoms with Crippen LogP contribution in [0.25, 0.3) is 0 Å². The van der Waals surface area contributed by atoms with Crippen LogP contribution in [-0.4, -0.2) is 24.2 Å². The van der Waals surface area contributed by atoms with E-state index in [9.17, 15) is 0 Å². The molecule has 1 aliphatic heterocycles. The summed E-state index contributed by atoms with van der Waals surface area (Å²) < 4.78 is 5.45. The average Bonchev–Trinajstić information content (AvgIpc) is 2.85. The fourth-order valence-electron chi connectivity index (χ4n) is 1.62. The SMILES string of the molecule is NC(=S)/C=C1/COCC(C2CC2)N1. The second-order valence-corrected chi connectivity index (χ2v) is 4.15. The van der Waals surface area contributed by atoms with Crippen molar-refractivity contribution in [3.63, 3.8) is 0 Å². The molecule has 0 spiro atoms. The van der Waals surface area contributed by atoms with Crippen molar-refractivity contribution in [3.05, 3.63) is 11.8 Å². The number of ether oxygens (including phenoxy) is 1. The maximum atomic E-state index is 5.45. The first-order valence-electron chi connectivity index (χ1n) is 4.60. The van der Waals surface area contributed by atoms with Crippen molar-refractivity contribution in [2.75, 3.05) is 13.2 Å². The molecule has 2 fully saturated rings. The lowest BCUT2D eigenvalue weighted by Gasteiger charge is -2.27. The molecular formula is C9H14N2OS. The number of nitrogens with one attached hydrogen (secondary N) is 1. The molecular weight excluding hydrogens is 184 g/mol. The largest absolute Gasteiger partial charge is 0.390 e. The zero-order valence-corrected chi connectivity index (χ0v) is 8.27. The fraction of sp³-hybridized carbons (Fsp3) is 0.667. The summed E-state index contributed by atoms with van der Waals surface area (Å²) in [7, 11) is 0. The van der Waals surface area contributed by atoms with Gasteiger partial charge in [-0.2, -0.15) is 0 Å². The van der Waals surface area contributed by atoms with E-state index in [1.807, 2.05) is 0 Å². The number of rotatable bonds is 2. The molecule has 0 radical (unpaired) electrons. The standard InChI is InChI=1S/C9H14N2OS/c10-9(13)3-7-4-12-5-8(11-7)6-1-2-6/h3,6,8,11H,1-2,4-5H2,(H2,10,13)/b7-3-. The molecule has 1 saturated heterocycles. The Balaban J connectivity index is 1.94. The lowest BCUT2D eigenvalue weighted by Crippen LogP contribution is -2.41. The molecule has 13 heavy (non-hydrogen) atoms. The highest BCUT2D eigenvalue weighted by Gasteiger charge is 2.33. The highest BCUT2D eigenvalue weighted by atomic mass is 32.1. The van der Waals surface area contributed by atoms with Crippen LogP contribution < -0.4 is 11.1 Å². The van der Waals surface area contributed by atoms with Crippen LogP contribution in [0.15, 0.2) is 11.8 Å². The first-order chi connectivity index (χ1) is 6.25. The van der Waals surface area contributed by atoms with E-state index in [2.05, 4.69) is 5.32 Å². The minimum absolute atomic E-state index is 0.419. The van der Waals surface area contributed by atoms with Gasteiger partial charge in [-0.25, -0.2) is 0 Å². The fourth-order valence-corrected chi connectivity index (χ4v) is 1.77. The van der Waals surface area contributed by atoms with Gasteiger partial charge in [0.1, 0.15) is 0 Å². The molecule has 3 N–H and O–H groups in total. The minimum Gasteiger partial charge on any atom is -0.390 e. The maximum Gasteiger partial charge on any atom is 0.0980 e. The summed E-state index contributed by atoms with van der Waals surface area (Å²) in [6.45, 7) is 1.43. The number of hydrogen-bond donors (Lipinski definition) is 2. The molecule has 2 rings (SSSR count). The van der Waals surface area contributed by atoms with Crippen LogP contribution >= 0.6 is 12.2 Å². The van der Waals surface area contributed by atoms with Crippen molar-refractivity contribution in [3.8, 4) is 0 Å². The molecule has 1 atom stereocenters. The normalized spacial score (nSPS) is 31.4. The van der Waals surface area contributed by atoms with Crippen LogP contribution in [0.1, 0.15) is 12.8 Å². The van der Waals surface area contributed by atoms with Crippen molar-refractivity contribution in [1.82, 2.24) is 5.32 Å². The van der Waals surface area contributed by atoms with Gasteiger partial charge >= 0.3 is 0 Å². The monoisotopic (exact) mass is 198 g/mol. The molecule has 1 aliphatic carbocycles. The predicted molar refractivity (Wildman–Crippen MR) is 55.3 cm³/mol. The Labute approximate surface area is 83.3 Å². The molecule has 1 saturated carbocycles. The molecule has 0 amide bonds. The van der Waals surface area contributed by atoms with E-state index in [4.69, 9.17) is 22.7 Å².